The zero-order valence-electron chi connectivity index (χ0n) is 17.1. The van der Waals surface area contributed by atoms with Crippen molar-refractivity contribution in [3.63, 3.8) is 0 Å². The van der Waals surface area contributed by atoms with Gasteiger partial charge in [0.2, 0.25) is 10.0 Å². The van der Waals surface area contributed by atoms with Crippen molar-refractivity contribution in [1.82, 2.24) is 4.90 Å². The Bertz CT molecular complexity index is 1110. The second-order valence-corrected chi connectivity index (χ2v) is 9.87. The van der Waals surface area contributed by atoms with E-state index in [2.05, 4.69) is 0 Å². The number of nitrogens with one attached hydrogen (secondary N) is 1. The summed E-state index contributed by atoms with van der Waals surface area (Å²) in [4.78, 5) is 14.2. The number of ether oxygens (including phenoxy) is 1. The van der Waals surface area contributed by atoms with Crippen molar-refractivity contribution < 1.29 is 22.3 Å². The highest BCUT2D eigenvalue weighted by Gasteiger charge is 2.57. The molecule has 0 unspecified atom stereocenters. The van der Waals surface area contributed by atoms with Gasteiger partial charge in [0.15, 0.2) is 0 Å². The second kappa shape index (κ2) is 7.96. The lowest BCUT2D eigenvalue weighted by atomic mass is 9.80. The molecule has 1 spiro atoms. The van der Waals surface area contributed by atoms with Crippen molar-refractivity contribution in [2.45, 2.75) is 38.0 Å². The number of sulfonamides is 1. The Morgan fingerprint density at radius 1 is 1.23 bits per heavy atom. The lowest BCUT2D eigenvalue weighted by molar-refractivity contribution is 0.0650. The van der Waals surface area contributed by atoms with Crippen LogP contribution in [0.2, 0.25) is 0 Å². The monoisotopic (exact) mass is 445 g/mol. The normalized spacial score (nSPS) is 25.1. The molecule has 2 saturated heterocycles. The van der Waals surface area contributed by atoms with E-state index in [1.807, 2.05) is 37.3 Å². The summed E-state index contributed by atoms with van der Waals surface area (Å²) >= 11 is 0. The van der Waals surface area contributed by atoms with Crippen LogP contribution in [-0.4, -0.2) is 49.0 Å². The smallest absolute Gasteiger partial charge is 0.410 e. The largest absolute Gasteiger partial charge is 0.445 e. The molecule has 2 fully saturated rings. The first-order valence-corrected chi connectivity index (χ1v) is 11.7. The van der Waals surface area contributed by atoms with E-state index in [4.69, 9.17) is 10.1 Å². The number of benzene rings is 2. The molecule has 2 aromatic rings. The number of piperidine rings is 1. The fraction of sp³-hybridized carbons (Fsp3) is 0.364. The molecule has 31 heavy (non-hydrogen) atoms. The molecule has 1 amide bonds. The summed E-state index contributed by atoms with van der Waals surface area (Å²) in [6, 6.07) is 14.4. The van der Waals surface area contributed by atoms with E-state index >= 15 is 0 Å². The molecule has 4 rings (SSSR count). The van der Waals surface area contributed by atoms with Crippen molar-refractivity contribution in [3.8, 4) is 0 Å². The van der Waals surface area contributed by atoms with Crippen LogP contribution in [0.1, 0.15) is 25.3 Å². The molecule has 2 aliphatic rings. The summed E-state index contributed by atoms with van der Waals surface area (Å²) in [6.45, 7) is 2.19. The number of hydrogen-bond donors (Lipinski definition) is 1. The highest BCUT2D eigenvalue weighted by molar-refractivity contribution is 7.94. The molecule has 0 radical (unpaired) electrons. The van der Waals surface area contributed by atoms with Gasteiger partial charge in [0.25, 0.3) is 0 Å². The zero-order chi connectivity index (χ0) is 22.2. The average molecular weight is 446 g/mol. The van der Waals surface area contributed by atoms with Crippen molar-refractivity contribution in [2.24, 2.45) is 0 Å². The third kappa shape index (κ3) is 3.89. The molecular weight excluding hydrogens is 421 g/mol. The minimum absolute atomic E-state index is 0.0703. The Morgan fingerprint density at radius 3 is 2.65 bits per heavy atom. The molecule has 0 saturated carbocycles. The number of carbonyl (C=O) groups excluding carboxylic acids is 1. The second-order valence-electron chi connectivity index (χ2n) is 8.05. The fourth-order valence-electron chi connectivity index (χ4n) is 4.54. The molecule has 164 valence electrons. The van der Waals surface area contributed by atoms with Gasteiger partial charge in [-0.3, -0.25) is 4.31 Å². The summed E-state index contributed by atoms with van der Waals surface area (Å²) in [5, 5.41) is 8.49. The molecule has 0 aliphatic carbocycles. The maximum Gasteiger partial charge on any atom is 0.410 e. The predicted molar refractivity (Wildman–Crippen MR) is 115 cm³/mol. The van der Waals surface area contributed by atoms with Crippen molar-refractivity contribution in [1.29, 1.82) is 5.41 Å². The Hall–Kier alpha value is -2.94. The van der Waals surface area contributed by atoms with Crippen LogP contribution in [0.5, 0.6) is 0 Å². The van der Waals surface area contributed by atoms with Crippen LogP contribution < -0.4 is 4.31 Å². The molecule has 2 aliphatic heterocycles. The fourth-order valence-corrected chi connectivity index (χ4v) is 6.54. The molecule has 0 bridgehead atoms. The van der Waals surface area contributed by atoms with E-state index in [-0.39, 0.29) is 43.4 Å². The highest BCUT2D eigenvalue weighted by atomic mass is 32.2. The molecule has 1 N–H and O–H groups in total. The number of nitrogens with zero attached hydrogens (tertiary/aromatic N) is 2. The molecular formula is C22H24FN3O4S. The number of likely N-dealkylation sites (tertiary alicyclic amines) is 1. The third-order valence-corrected chi connectivity index (χ3v) is 7.74. The van der Waals surface area contributed by atoms with Gasteiger partial charge >= 0.3 is 6.09 Å². The van der Waals surface area contributed by atoms with Crippen LogP contribution in [-0.2, 0) is 21.4 Å². The highest BCUT2D eigenvalue weighted by Crippen LogP contribution is 2.43. The number of halogens is 1. The summed E-state index contributed by atoms with van der Waals surface area (Å²) in [6.07, 6.45) is 0.00450. The quantitative estimate of drug-likeness (QED) is 0.782. The lowest BCUT2D eigenvalue weighted by Gasteiger charge is -2.46. The number of rotatable bonds is 3. The predicted octanol–water partition coefficient (Wildman–Crippen LogP) is 3.56. The molecule has 9 heteroatoms. The minimum atomic E-state index is -3.81. The summed E-state index contributed by atoms with van der Waals surface area (Å²) in [5.41, 5.74) is 0.0378. The third-order valence-electron chi connectivity index (χ3n) is 5.97. The first-order chi connectivity index (χ1) is 14.7. The van der Waals surface area contributed by atoms with Crippen LogP contribution in [0.4, 0.5) is 14.9 Å². The zero-order valence-corrected chi connectivity index (χ0v) is 17.9. The SMILES string of the molecule is C[C@H]1C[C@]2(CCN1C(=O)OCc1ccccc1)C(=N)CS(=O)(=O)N2c1cccc(F)c1. The van der Waals surface area contributed by atoms with E-state index in [1.165, 1.54) is 28.6 Å². The summed E-state index contributed by atoms with van der Waals surface area (Å²) in [7, 11) is -3.81. The number of carbonyl (C=O) groups is 1. The van der Waals surface area contributed by atoms with Crippen LogP contribution in [0, 0.1) is 11.2 Å². The van der Waals surface area contributed by atoms with Gasteiger partial charge in [0.05, 0.1) is 16.9 Å². The summed E-state index contributed by atoms with van der Waals surface area (Å²) < 4.78 is 46.3. The Kier molecular flexibility index (Phi) is 5.47. The Labute approximate surface area is 181 Å². The first kappa shape index (κ1) is 21.3. The Morgan fingerprint density at radius 2 is 1.97 bits per heavy atom. The van der Waals surface area contributed by atoms with Gasteiger partial charge in [-0.25, -0.2) is 17.6 Å². The van der Waals surface area contributed by atoms with Gasteiger partial charge < -0.3 is 15.0 Å². The van der Waals surface area contributed by atoms with E-state index in [9.17, 15) is 17.6 Å². The lowest BCUT2D eigenvalue weighted by Crippen LogP contribution is -2.60. The van der Waals surface area contributed by atoms with E-state index < -0.39 is 33.2 Å². The maximum absolute atomic E-state index is 13.8. The van der Waals surface area contributed by atoms with Crippen LogP contribution in [0.15, 0.2) is 54.6 Å². The van der Waals surface area contributed by atoms with Gasteiger partial charge in [-0.05, 0) is 43.5 Å². The van der Waals surface area contributed by atoms with E-state index in [0.717, 1.165) is 5.56 Å². The van der Waals surface area contributed by atoms with Gasteiger partial charge in [-0.2, -0.15) is 0 Å². The van der Waals surface area contributed by atoms with Crippen LogP contribution in [0.3, 0.4) is 0 Å². The average Bonchev–Trinajstić information content (AvgIpc) is 2.91. The minimum Gasteiger partial charge on any atom is -0.445 e. The Balaban J connectivity index is 1.55. The molecule has 2 atom stereocenters. The van der Waals surface area contributed by atoms with Gasteiger partial charge in [-0.1, -0.05) is 36.4 Å². The first-order valence-electron chi connectivity index (χ1n) is 10.1. The number of hydrogen-bond acceptors (Lipinski definition) is 5. The van der Waals surface area contributed by atoms with Gasteiger partial charge in [-0.15, -0.1) is 0 Å². The van der Waals surface area contributed by atoms with Crippen molar-refractivity contribution in [3.05, 3.63) is 66.0 Å². The van der Waals surface area contributed by atoms with Crippen LogP contribution >= 0.6 is 0 Å². The van der Waals surface area contributed by atoms with Gasteiger partial charge in [0.1, 0.15) is 18.2 Å². The molecule has 7 nitrogen and oxygen atoms in total. The maximum atomic E-state index is 13.8. The van der Waals surface area contributed by atoms with Crippen LogP contribution in [0.25, 0.3) is 0 Å². The number of anilines is 1. The standard InChI is InChI=1S/C22H24FN3O4S/c1-16-13-22(10-11-25(16)21(27)30-14-17-6-3-2-4-7-17)20(24)15-31(28,29)26(22)19-9-5-8-18(23)12-19/h2-9,12,16,24H,10-11,13-15H2,1H3/t16-,22+/m0/s1. The van der Waals surface area contributed by atoms with Crippen molar-refractivity contribution in [2.75, 3.05) is 16.6 Å². The summed E-state index contributed by atoms with van der Waals surface area (Å²) in [5.74, 6) is -0.953. The molecule has 2 aromatic carbocycles. The van der Waals surface area contributed by atoms with Crippen molar-refractivity contribution >= 4 is 27.5 Å². The topological polar surface area (TPSA) is 90.8 Å². The molecule has 0 aromatic heterocycles. The van der Waals surface area contributed by atoms with E-state index in [1.54, 1.807) is 4.90 Å². The molecule has 2 heterocycles. The number of amides is 1. The van der Waals surface area contributed by atoms with Gasteiger partial charge in [0, 0.05) is 12.6 Å². The van der Waals surface area contributed by atoms with E-state index in [0.29, 0.717) is 0 Å².